The molecule has 0 unspecified atom stereocenters. The first-order valence-corrected chi connectivity index (χ1v) is 7.74. The highest BCUT2D eigenvalue weighted by Crippen LogP contribution is 2.26. The van der Waals surface area contributed by atoms with Gasteiger partial charge in [-0.25, -0.2) is 8.42 Å². The molecule has 0 amide bonds. The zero-order valence-electron chi connectivity index (χ0n) is 9.94. The lowest BCUT2D eigenvalue weighted by Gasteiger charge is -2.25. The van der Waals surface area contributed by atoms with Crippen molar-refractivity contribution in [2.45, 2.75) is 19.3 Å². The number of rotatable bonds is 5. The Labute approximate surface area is 102 Å². The minimum atomic E-state index is -3.18. The van der Waals surface area contributed by atoms with Crippen molar-refractivity contribution in [3.05, 3.63) is 24.3 Å². The first kappa shape index (κ1) is 12.2. The molecule has 94 valence electrons. The molecule has 0 aromatic heterocycles. The van der Waals surface area contributed by atoms with Crippen molar-refractivity contribution in [2.75, 3.05) is 22.8 Å². The van der Waals surface area contributed by atoms with Crippen molar-refractivity contribution in [1.82, 2.24) is 0 Å². The fourth-order valence-electron chi connectivity index (χ4n) is 1.83. The fourth-order valence-corrected chi connectivity index (χ4v) is 2.39. The monoisotopic (exact) mass is 254 g/mol. The Kier molecular flexibility index (Phi) is 3.57. The summed E-state index contributed by atoms with van der Waals surface area (Å²) in [5.74, 6) is 0.809. The molecule has 1 aromatic rings. The van der Waals surface area contributed by atoms with E-state index >= 15 is 0 Å². The quantitative estimate of drug-likeness (QED) is 0.847. The predicted molar refractivity (Wildman–Crippen MR) is 70.7 cm³/mol. The predicted octanol–water partition coefficient (Wildman–Crippen LogP) is 2.27. The summed E-state index contributed by atoms with van der Waals surface area (Å²) in [6.07, 6.45) is 5.14. The third kappa shape index (κ3) is 3.93. The molecule has 0 saturated heterocycles. The highest BCUT2D eigenvalue weighted by atomic mass is 32.2. The molecule has 0 aliphatic heterocycles. The summed E-state index contributed by atoms with van der Waals surface area (Å²) in [7, 11) is -3.18. The van der Waals surface area contributed by atoms with E-state index in [4.69, 9.17) is 0 Å². The topological polar surface area (TPSA) is 58.2 Å². The molecule has 1 fully saturated rings. The van der Waals surface area contributed by atoms with Gasteiger partial charge in [0.1, 0.15) is 0 Å². The summed E-state index contributed by atoms with van der Waals surface area (Å²) >= 11 is 0. The Balaban J connectivity index is 1.88. The van der Waals surface area contributed by atoms with Crippen LogP contribution in [0.4, 0.5) is 11.4 Å². The molecular formula is C12H18N2O2S. The summed E-state index contributed by atoms with van der Waals surface area (Å²) in [6, 6.07) is 7.33. The minimum Gasteiger partial charge on any atom is -0.385 e. The minimum absolute atomic E-state index is 0.599. The second kappa shape index (κ2) is 4.96. The lowest BCUT2D eigenvalue weighted by Crippen LogP contribution is -2.20. The second-order valence-electron chi connectivity index (χ2n) is 4.63. The van der Waals surface area contributed by atoms with Crippen LogP contribution in [0.15, 0.2) is 24.3 Å². The maximum absolute atomic E-state index is 11.0. The summed E-state index contributed by atoms with van der Waals surface area (Å²) in [5, 5.41) is 3.36. The van der Waals surface area contributed by atoms with Crippen LogP contribution in [0.2, 0.25) is 0 Å². The van der Waals surface area contributed by atoms with E-state index in [0.29, 0.717) is 5.69 Å². The molecule has 2 N–H and O–H groups in total. The van der Waals surface area contributed by atoms with Crippen molar-refractivity contribution in [3.8, 4) is 0 Å². The Hall–Kier alpha value is -1.23. The second-order valence-corrected chi connectivity index (χ2v) is 6.38. The zero-order valence-corrected chi connectivity index (χ0v) is 10.8. The highest BCUT2D eigenvalue weighted by Gasteiger charge is 2.16. The van der Waals surface area contributed by atoms with Crippen LogP contribution in [-0.2, 0) is 10.0 Å². The number of anilines is 2. The van der Waals surface area contributed by atoms with Gasteiger partial charge in [-0.1, -0.05) is 6.42 Å². The van der Waals surface area contributed by atoms with Gasteiger partial charge in [-0.3, -0.25) is 4.72 Å². The van der Waals surface area contributed by atoms with Crippen LogP contribution in [0, 0.1) is 5.92 Å². The number of hydrogen-bond acceptors (Lipinski definition) is 3. The summed E-state index contributed by atoms with van der Waals surface area (Å²) in [6.45, 7) is 1.01. The molecule has 1 aliphatic carbocycles. The van der Waals surface area contributed by atoms with Crippen LogP contribution in [0.25, 0.3) is 0 Å². The first-order valence-electron chi connectivity index (χ1n) is 5.85. The molecule has 1 saturated carbocycles. The van der Waals surface area contributed by atoms with Gasteiger partial charge in [0.25, 0.3) is 0 Å². The smallest absolute Gasteiger partial charge is 0.229 e. The van der Waals surface area contributed by atoms with E-state index in [1.165, 1.54) is 19.3 Å². The lowest BCUT2D eigenvalue weighted by molar-refractivity contribution is 0.333. The number of hydrogen-bond donors (Lipinski definition) is 2. The van der Waals surface area contributed by atoms with Gasteiger partial charge in [0.05, 0.1) is 6.26 Å². The molecule has 2 rings (SSSR count). The Morgan fingerprint density at radius 3 is 2.24 bits per heavy atom. The van der Waals surface area contributed by atoms with Gasteiger partial charge in [0, 0.05) is 17.9 Å². The summed E-state index contributed by atoms with van der Waals surface area (Å²) in [4.78, 5) is 0. The van der Waals surface area contributed by atoms with Gasteiger partial charge in [-0.2, -0.15) is 0 Å². The van der Waals surface area contributed by atoms with Gasteiger partial charge in [-0.05, 0) is 43.0 Å². The van der Waals surface area contributed by atoms with Crippen molar-refractivity contribution < 1.29 is 8.42 Å². The molecule has 17 heavy (non-hydrogen) atoms. The van der Waals surface area contributed by atoms with E-state index in [-0.39, 0.29) is 0 Å². The molecular weight excluding hydrogens is 236 g/mol. The number of benzene rings is 1. The fraction of sp³-hybridized carbons (Fsp3) is 0.500. The number of nitrogens with one attached hydrogen (secondary N) is 2. The van der Waals surface area contributed by atoms with E-state index in [2.05, 4.69) is 10.0 Å². The number of sulfonamides is 1. The largest absolute Gasteiger partial charge is 0.385 e. The van der Waals surface area contributed by atoms with E-state index in [9.17, 15) is 8.42 Å². The van der Waals surface area contributed by atoms with Gasteiger partial charge in [0.2, 0.25) is 10.0 Å². The van der Waals surface area contributed by atoms with E-state index < -0.39 is 10.0 Å². The van der Waals surface area contributed by atoms with E-state index in [1.807, 2.05) is 12.1 Å². The molecule has 0 spiro atoms. The van der Waals surface area contributed by atoms with Gasteiger partial charge < -0.3 is 5.32 Å². The molecule has 0 bridgehead atoms. The van der Waals surface area contributed by atoms with Crippen LogP contribution in [-0.4, -0.2) is 21.2 Å². The van der Waals surface area contributed by atoms with Crippen molar-refractivity contribution in [3.63, 3.8) is 0 Å². The molecule has 1 aliphatic rings. The molecule has 0 radical (unpaired) electrons. The zero-order chi connectivity index (χ0) is 12.3. The normalized spacial score (nSPS) is 16.3. The molecule has 0 heterocycles. The molecule has 4 nitrogen and oxygen atoms in total. The van der Waals surface area contributed by atoms with E-state index in [1.54, 1.807) is 12.1 Å². The Bertz CT molecular complexity index is 464. The maximum Gasteiger partial charge on any atom is 0.229 e. The van der Waals surface area contributed by atoms with Gasteiger partial charge in [0.15, 0.2) is 0 Å². The molecule has 0 atom stereocenters. The Morgan fingerprint density at radius 2 is 1.76 bits per heavy atom. The third-order valence-corrected chi connectivity index (χ3v) is 3.61. The summed E-state index contributed by atoms with van der Waals surface area (Å²) in [5.41, 5.74) is 1.64. The summed E-state index contributed by atoms with van der Waals surface area (Å²) < 4.78 is 24.5. The van der Waals surface area contributed by atoms with E-state index in [0.717, 1.165) is 24.4 Å². The Morgan fingerprint density at radius 1 is 1.18 bits per heavy atom. The highest BCUT2D eigenvalue weighted by molar-refractivity contribution is 7.92. The van der Waals surface area contributed by atoms with Crippen molar-refractivity contribution >= 4 is 21.4 Å². The molecule has 5 heteroatoms. The SMILES string of the molecule is CS(=O)(=O)Nc1ccc(NCC2CCC2)cc1. The molecule has 1 aromatic carbocycles. The van der Waals surface area contributed by atoms with Crippen LogP contribution >= 0.6 is 0 Å². The van der Waals surface area contributed by atoms with Crippen LogP contribution in [0.5, 0.6) is 0 Å². The van der Waals surface area contributed by atoms with Crippen molar-refractivity contribution in [1.29, 1.82) is 0 Å². The standard InChI is InChI=1S/C12H18N2O2S/c1-17(15,16)14-12-7-5-11(6-8-12)13-9-10-3-2-4-10/h5-8,10,13-14H,2-4,9H2,1H3. The van der Waals surface area contributed by atoms with Gasteiger partial charge >= 0.3 is 0 Å². The van der Waals surface area contributed by atoms with Crippen LogP contribution < -0.4 is 10.0 Å². The maximum atomic E-state index is 11.0. The van der Waals surface area contributed by atoms with Crippen LogP contribution in [0.1, 0.15) is 19.3 Å². The van der Waals surface area contributed by atoms with Crippen LogP contribution in [0.3, 0.4) is 0 Å². The average molecular weight is 254 g/mol. The lowest BCUT2D eigenvalue weighted by atomic mass is 9.85. The third-order valence-electron chi connectivity index (χ3n) is 3.01. The first-order chi connectivity index (χ1) is 8.03. The van der Waals surface area contributed by atoms with Crippen molar-refractivity contribution in [2.24, 2.45) is 5.92 Å². The van der Waals surface area contributed by atoms with Gasteiger partial charge in [-0.15, -0.1) is 0 Å². The average Bonchev–Trinajstić information content (AvgIpc) is 2.16.